The SMILES string of the molecule is CCOc1ccc2nc(N(Cc3ccccc3)C(=O)c3ccc(SC(C)C)cc3)sc2c1. The molecule has 32 heavy (non-hydrogen) atoms. The predicted octanol–water partition coefficient (Wildman–Crippen LogP) is 7.04. The van der Waals surface area contributed by atoms with E-state index in [0.717, 1.165) is 26.4 Å². The molecule has 1 heterocycles. The summed E-state index contributed by atoms with van der Waals surface area (Å²) in [6.45, 7) is 7.36. The van der Waals surface area contributed by atoms with E-state index < -0.39 is 0 Å². The molecule has 0 fully saturated rings. The van der Waals surface area contributed by atoms with Gasteiger partial charge in [-0.3, -0.25) is 9.69 Å². The lowest BCUT2D eigenvalue weighted by Gasteiger charge is -2.20. The van der Waals surface area contributed by atoms with Crippen LogP contribution in [0.3, 0.4) is 0 Å². The molecule has 4 rings (SSSR count). The van der Waals surface area contributed by atoms with Crippen molar-refractivity contribution in [3.63, 3.8) is 0 Å². The highest BCUT2D eigenvalue weighted by Crippen LogP contribution is 2.33. The van der Waals surface area contributed by atoms with Crippen LogP contribution in [0.4, 0.5) is 5.13 Å². The molecule has 0 atom stereocenters. The number of benzene rings is 3. The van der Waals surface area contributed by atoms with Gasteiger partial charge in [-0.1, -0.05) is 55.5 Å². The highest BCUT2D eigenvalue weighted by Gasteiger charge is 2.22. The van der Waals surface area contributed by atoms with Gasteiger partial charge < -0.3 is 4.74 Å². The Morgan fingerprint density at radius 2 is 1.81 bits per heavy atom. The van der Waals surface area contributed by atoms with Crippen LogP contribution in [0.5, 0.6) is 5.75 Å². The van der Waals surface area contributed by atoms with Gasteiger partial charge in [-0.2, -0.15) is 0 Å². The Morgan fingerprint density at radius 1 is 1.06 bits per heavy atom. The van der Waals surface area contributed by atoms with Crippen LogP contribution in [0.2, 0.25) is 0 Å². The van der Waals surface area contributed by atoms with Gasteiger partial charge in [0.2, 0.25) is 0 Å². The van der Waals surface area contributed by atoms with Gasteiger partial charge in [0.25, 0.3) is 5.91 Å². The number of thiazole rings is 1. The number of carbonyl (C=O) groups excluding carboxylic acids is 1. The summed E-state index contributed by atoms with van der Waals surface area (Å²) in [7, 11) is 0. The molecule has 6 heteroatoms. The normalized spacial score (nSPS) is 11.1. The number of ether oxygens (including phenoxy) is 1. The summed E-state index contributed by atoms with van der Waals surface area (Å²) in [5.74, 6) is 0.758. The highest BCUT2D eigenvalue weighted by atomic mass is 32.2. The summed E-state index contributed by atoms with van der Waals surface area (Å²) < 4.78 is 6.63. The molecule has 0 unspecified atom stereocenters. The maximum absolute atomic E-state index is 13.6. The number of hydrogen-bond donors (Lipinski definition) is 0. The zero-order valence-corrected chi connectivity index (χ0v) is 20.1. The minimum atomic E-state index is -0.0564. The molecule has 1 amide bonds. The first kappa shape index (κ1) is 22.4. The average molecular weight is 463 g/mol. The Balaban J connectivity index is 1.68. The number of aromatic nitrogens is 1. The van der Waals surface area contributed by atoms with Crippen molar-refractivity contribution >= 4 is 44.4 Å². The van der Waals surface area contributed by atoms with Crippen LogP contribution < -0.4 is 9.64 Å². The molecule has 0 aliphatic carbocycles. The van der Waals surface area contributed by atoms with Crippen LogP contribution >= 0.6 is 23.1 Å². The van der Waals surface area contributed by atoms with Gasteiger partial charge in [0, 0.05) is 15.7 Å². The topological polar surface area (TPSA) is 42.4 Å². The van der Waals surface area contributed by atoms with E-state index in [0.29, 0.717) is 29.1 Å². The van der Waals surface area contributed by atoms with Gasteiger partial charge in [-0.05, 0) is 55.0 Å². The minimum absolute atomic E-state index is 0.0564. The Hall–Kier alpha value is -2.83. The van der Waals surface area contributed by atoms with Crippen molar-refractivity contribution < 1.29 is 9.53 Å². The zero-order valence-electron chi connectivity index (χ0n) is 18.4. The lowest BCUT2D eigenvalue weighted by Crippen LogP contribution is -2.30. The third-order valence-electron chi connectivity index (χ3n) is 4.79. The maximum Gasteiger partial charge on any atom is 0.260 e. The number of amides is 1. The second-order valence-electron chi connectivity index (χ2n) is 7.63. The molecule has 0 saturated carbocycles. The van der Waals surface area contributed by atoms with Gasteiger partial charge in [-0.15, -0.1) is 11.8 Å². The lowest BCUT2D eigenvalue weighted by molar-refractivity contribution is 0.0985. The lowest BCUT2D eigenvalue weighted by atomic mass is 10.1. The first-order valence-electron chi connectivity index (χ1n) is 10.7. The van der Waals surface area contributed by atoms with Crippen molar-refractivity contribution in [1.29, 1.82) is 0 Å². The van der Waals surface area contributed by atoms with Gasteiger partial charge in [0.1, 0.15) is 5.75 Å². The third-order valence-corrected chi connectivity index (χ3v) is 6.85. The number of fused-ring (bicyclic) bond motifs is 1. The largest absolute Gasteiger partial charge is 0.494 e. The molecule has 0 radical (unpaired) electrons. The minimum Gasteiger partial charge on any atom is -0.494 e. The van der Waals surface area contributed by atoms with Crippen molar-refractivity contribution in [3.05, 3.63) is 83.9 Å². The number of carbonyl (C=O) groups is 1. The van der Waals surface area contributed by atoms with Crippen LogP contribution in [0.15, 0.2) is 77.7 Å². The quantitative estimate of drug-likeness (QED) is 0.263. The molecule has 0 aliphatic rings. The summed E-state index contributed by atoms with van der Waals surface area (Å²) in [5, 5.41) is 1.18. The van der Waals surface area contributed by atoms with E-state index in [1.165, 1.54) is 11.3 Å². The second kappa shape index (κ2) is 10.2. The van der Waals surface area contributed by atoms with Crippen molar-refractivity contribution in [2.45, 2.75) is 37.5 Å². The van der Waals surface area contributed by atoms with Crippen LogP contribution in [0, 0.1) is 0 Å². The molecule has 164 valence electrons. The van der Waals surface area contributed by atoms with E-state index in [2.05, 4.69) is 13.8 Å². The molecule has 1 aromatic heterocycles. The Kier molecular flexibility index (Phi) is 7.12. The molecular weight excluding hydrogens is 436 g/mol. The van der Waals surface area contributed by atoms with E-state index in [9.17, 15) is 4.79 Å². The fourth-order valence-electron chi connectivity index (χ4n) is 3.36. The molecule has 4 nitrogen and oxygen atoms in total. The van der Waals surface area contributed by atoms with E-state index in [4.69, 9.17) is 9.72 Å². The second-order valence-corrected chi connectivity index (χ2v) is 10.3. The Bertz CT molecular complexity index is 1190. The number of nitrogens with zero attached hydrogens (tertiary/aromatic N) is 2. The average Bonchev–Trinajstić information content (AvgIpc) is 3.21. The molecule has 0 bridgehead atoms. The van der Waals surface area contributed by atoms with Crippen molar-refractivity contribution in [2.24, 2.45) is 0 Å². The number of anilines is 1. The molecule has 3 aromatic carbocycles. The molecule has 0 N–H and O–H groups in total. The summed E-state index contributed by atoms with van der Waals surface area (Å²) in [5.41, 5.74) is 2.58. The standard InChI is InChI=1S/C26H26N2O2S2/c1-4-30-21-12-15-23-24(16-21)32-26(27-23)28(17-19-8-6-5-7-9-19)25(29)20-10-13-22(14-11-20)31-18(2)3/h5-16,18H,4,17H2,1-3H3. The first-order chi connectivity index (χ1) is 15.5. The van der Waals surface area contributed by atoms with E-state index in [-0.39, 0.29) is 5.91 Å². The van der Waals surface area contributed by atoms with E-state index in [1.54, 1.807) is 16.7 Å². The van der Waals surface area contributed by atoms with Gasteiger partial charge in [0.05, 0.1) is 23.4 Å². The number of thioether (sulfide) groups is 1. The molecule has 0 aliphatic heterocycles. The fraction of sp³-hybridized carbons (Fsp3) is 0.231. The van der Waals surface area contributed by atoms with E-state index in [1.807, 2.05) is 79.7 Å². The number of rotatable bonds is 8. The van der Waals surface area contributed by atoms with Crippen molar-refractivity contribution in [1.82, 2.24) is 4.98 Å². The summed E-state index contributed by atoms with van der Waals surface area (Å²) in [6, 6.07) is 23.7. The zero-order chi connectivity index (χ0) is 22.5. The fourth-order valence-corrected chi connectivity index (χ4v) is 5.19. The predicted molar refractivity (Wildman–Crippen MR) is 135 cm³/mol. The first-order valence-corrected chi connectivity index (χ1v) is 12.4. The molecular formula is C26H26N2O2S2. The van der Waals surface area contributed by atoms with Crippen molar-refractivity contribution in [2.75, 3.05) is 11.5 Å². The van der Waals surface area contributed by atoms with Crippen LogP contribution in [0.25, 0.3) is 10.2 Å². The Morgan fingerprint density at radius 3 is 2.50 bits per heavy atom. The van der Waals surface area contributed by atoms with Gasteiger partial charge in [0.15, 0.2) is 5.13 Å². The molecule has 0 spiro atoms. The molecule has 0 saturated heterocycles. The smallest absolute Gasteiger partial charge is 0.260 e. The van der Waals surface area contributed by atoms with E-state index >= 15 is 0 Å². The van der Waals surface area contributed by atoms with Crippen LogP contribution in [-0.4, -0.2) is 22.7 Å². The third kappa shape index (κ3) is 5.31. The highest BCUT2D eigenvalue weighted by molar-refractivity contribution is 7.99. The summed E-state index contributed by atoms with van der Waals surface area (Å²) in [4.78, 5) is 21.3. The van der Waals surface area contributed by atoms with Gasteiger partial charge >= 0.3 is 0 Å². The summed E-state index contributed by atoms with van der Waals surface area (Å²) >= 11 is 3.30. The number of hydrogen-bond acceptors (Lipinski definition) is 5. The monoisotopic (exact) mass is 462 g/mol. The maximum atomic E-state index is 13.6. The van der Waals surface area contributed by atoms with Gasteiger partial charge in [-0.25, -0.2) is 4.98 Å². The Labute approximate surface area is 197 Å². The molecule has 4 aromatic rings. The van der Waals surface area contributed by atoms with Crippen molar-refractivity contribution in [3.8, 4) is 5.75 Å². The van der Waals surface area contributed by atoms with Crippen LogP contribution in [0.1, 0.15) is 36.7 Å². The van der Waals surface area contributed by atoms with Crippen LogP contribution in [-0.2, 0) is 6.54 Å². The summed E-state index contributed by atoms with van der Waals surface area (Å²) in [6.07, 6.45) is 0.